The number of rotatable bonds is 6. The molecule has 0 spiro atoms. The zero-order valence-corrected chi connectivity index (χ0v) is 14.7. The zero-order chi connectivity index (χ0) is 17.5. The molecule has 0 unspecified atom stereocenters. The van der Waals surface area contributed by atoms with Crippen molar-refractivity contribution in [3.8, 4) is 11.5 Å². The summed E-state index contributed by atoms with van der Waals surface area (Å²) in [6.45, 7) is 7.11. The fourth-order valence-electron chi connectivity index (χ4n) is 2.50. The number of benzene rings is 2. The highest BCUT2D eigenvalue weighted by Crippen LogP contribution is 2.28. The average Bonchev–Trinajstić information content (AvgIpc) is 2.53. The molecule has 2 aromatic rings. The molecule has 0 amide bonds. The van der Waals surface area contributed by atoms with Crippen LogP contribution in [-0.4, -0.2) is 19.7 Å². The van der Waals surface area contributed by atoms with E-state index < -0.39 is 0 Å². The molecule has 0 bridgehead atoms. The largest absolute Gasteiger partial charge is 0.493 e. The molecule has 2 rings (SSSR count). The lowest BCUT2D eigenvalue weighted by Gasteiger charge is -2.11. The first-order chi connectivity index (χ1) is 11.5. The Kier molecular flexibility index (Phi) is 6.07. The summed E-state index contributed by atoms with van der Waals surface area (Å²) in [5, 5.41) is 3.13. The molecular formula is C19H25N3O2. The number of nitrogens with zero attached hydrogens (tertiary/aromatic N) is 1. The molecule has 0 aromatic heterocycles. The number of anilines is 1. The van der Waals surface area contributed by atoms with Crippen LogP contribution in [0.2, 0.25) is 0 Å². The van der Waals surface area contributed by atoms with Gasteiger partial charge in [0, 0.05) is 5.69 Å². The van der Waals surface area contributed by atoms with Crippen LogP contribution in [0.25, 0.3) is 0 Å². The van der Waals surface area contributed by atoms with E-state index in [9.17, 15) is 0 Å². The van der Waals surface area contributed by atoms with Gasteiger partial charge in [-0.25, -0.2) is 4.99 Å². The molecule has 2 aromatic carbocycles. The average molecular weight is 327 g/mol. The zero-order valence-electron chi connectivity index (χ0n) is 14.7. The van der Waals surface area contributed by atoms with Gasteiger partial charge in [0.1, 0.15) is 0 Å². The number of hydrogen-bond donors (Lipinski definition) is 2. The van der Waals surface area contributed by atoms with Gasteiger partial charge < -0.3 is 20.5 Å². The van der Waals surface area contributed by atoms with Gasteiger partial charge in [-0.3, -0.25) is 0 Å². The number of aliphatic imine (C=N–C) groups is 1. The van der Waals surface area contributed by atoms with Gasteiger partial charge in [-0.15, -0.1) is 0 Å². The molecule has 0 saturated heterocycles. The number of nitrogens with two attached hydrogens (primary N) is 1. The molecule has 0 heterocycles. The van der Waals surface area contributed by atoms with Crippen LogP contribution in [0.1, 0.15) is 23.6 Å². The second-order valence-electron chi connectivity index (χ2n) is 5.62. The highest BCUT2D eigenvalue weighted by Gasteiger charge is 2.05. The van der Waals surface area contributed by atoms with E-state index in [4.69, 9.17) is 15.2 Å². The topological polar surface area (TPSA) is 68.9 Å². The van der Waals surface area contributed by atoms with E-state index in [2.05, 4.69) is 30.2 Å². The molecule has 0 aliphatic heterocycles. The smallest absolute Gasteiger partial charge is 0.193 e. The Morgan fingerprint density at radius 1 is 1.08 bits per heavy atom. The first kappa shape index (κ1) is 17.7. The minimum atomic E-state index is 0.382. The summed E-state index contributed by atoms with van der Waals surface area (Å²) >= 11 is 0. The van der Waals surface area contributed by atoms with Crippen LogP contribution >= 0.6 is 0 Å². The summed E-state index contributed by atoms with van der Waals surface area (Å²) in [4.78, 5) is 4.39. The maximum absolute atomic E-state index is 5.98. The van der Waals surface area contributed by atoms with Crippen molar-refractivity contribution >= 4 is 11.6 Å². The molecular weight excluding hydrogens is 302 g/mol. The maximum Gasteiger partial charge on any atom is 0.193 e. The molecule has 128 valence electrons. The minimum Gasteiger partial charge on any atom is -0.493 e. The van der Waals surface area contributed by atoms with Crippen molar-refractivity contribution in [1.82, 2.24) is 0 Å². The molecule has 0 aliphatic carbocycles. The Bertz CT molecular complexity index is 706. The van der Waals surface area contributed by atoms with Crippen LogP contribution < -0.4 is 20.5 Å². The van der Waals surface area contributed by atoms with Gasteiger partial charge in [0.2, 0.25) is 0 Å². The van der Waals surface area contributed by atoms with Crippen LogP contribution in [0, 0.1) is 13.8 Å². The van der Waals surface area contributed by atoms with E-state index in [1.165, 1.54) is 11.1 Å². The molecule has 0 aliphatic rings. The predicted octanol–water partition coefficient (Wildman–Crippen LogP) is 3.64. The van der Waals surface area contributed by atoms with Gasteiger partial charge in [-0.05, 0) is 61.7 Å². The van der Waals surface area contributed by atoms with E-state index in [1.807, 2.05) is 37.3 Å². The Hall–Kier alpha value is -2.69. The lowest BCUT2D eigenvalue weighted by atomic mass is 10.1. The Balaban J connectivity index is 2.06. The van der Waals surface area contributed by atoms with Crippen LogP contribution in [-0.2, 0) is 6.54 Å². The molecule has 0 atom stereocenters. The summed E-state index contributed by atoms with van der Waals surface area (Å²) in [6.07, 6.45) is 0. The summed E-state index contributed by atoms with van der Waals surface area (Å²) < 4.78 is 10.9. The maximum atomic E-state index is 5.98. The SMILES string of the molecule is CCOc1ccc(CN=C(N)Nc2cc(C)cc(C)c2)cc1OC. The fraction of sp³-hybridized carbons (Fsp3) is 0.316. The summed E-state index contributed by atoms with van der Waals surface area (Å²) in [5.74, 6) is 1.81. The lowest BCUT2D eigenvalue weighted by molar-refractivity contribution is 0.310. The van der Waals surface area contributed by atoms with E-state index in [0.717, 1.165) is 17.0 Å². The molecule has 5 nitrogen and oxygen atoms in total. The molecule has 24 heavy (non-hydrogen) atoms. The normalized spacial score (nSPS) is 11.2. The van der Waals surface area contributed by atoms with Crippen molar-refractivity contribution in [2.24, 2.45) is 10.7 Å². The highest BCUT2D eigenvalue weighted by atomic mass is 16.5. The number of ether oxygens (including phenoxy) is 2. The van der Waals surface area contributed by atoms with Crippen molar-refractivity contribution in [2.75, 3.05) is 19.0 Å². The third-order valence-electron chi connectivity index (χ3n) is 3.45. The molecule has 5 heteroatoms. The first-order valence-corrected chi connectivity index (χ1v) is 7.96. The fourth-order valence-corrected chi connectivity index (χ4v) is 2.50. The summed E-state index contributed by atoms with van der Waals surface area (Å²) in [5.41, 5.74) is 10.3. The molecule has 0 saturated carbocycles. The minimum absolute atomic E-state index is 0.382. The van der Waals surface area contributed by atoms with E-state index in [-0.39, 0.29) is 0 Å². The monoisotopic (exact) mass is 327 g/mol. The second-order valence-corrected chi connectivity index (χ2v) is 5.62. The van der Waals surface area contributed by atoms with Gasteiger partial charge in [-0.1, -0.05) is 12.1 Å². The molecule has 0 radical (unpaired) electrons. The molecule has 3 N–H and O–H groups in total. The summed E-state index contributed by atoms with van der Waals surface area (Å²) in [7, 11) is 1.63. The van der Waals surface area contributed by atoms with Crippen molar-refractivity contribution in [3.63, 3.8) is 0 Å². The van der Waals surface area contributed by atoms with Crippen molar-refractivity contribution in [2.45, 2.75) is 27.3 Å². The van der Waals surface area contributed by atoms with Crippen molar-refractivity contribution in [1.29, 1.82) is 0 Å². The standard InChI is InChI=1S/C19H25N3O2/c1-5-24-17-7-6-15(11-18(17)23-4)12-21-19(20)22-16-9-13(2)8-14(3)10-16/h6-11H,5,12H2,1-4H3,(H3,20,21,22). The van der Waals surface area contributed by atoms with Crippen LogP contribution in [0.3, 0.4) is 0 Å². The Morgan fingerprint density at radius 3 is 2.42 bits per heavy atom. The third kappa shape index (κ3) is 4.91. The number of methoxy groups -OCH3 is 1. The van der Waals surface area contributed by atoms with E-state index >= 15 is 0 Å². The van der Waals surface area contributed by atoms with Gasteiger partial charge in [0.15, 0.2) is 17.5 Å². The van der Waals surface area contributed by atoms with Gasteiger partial charge in [0.25, 0.3) is 0 Å². The number of guanidine groups is 1. The Morgan fingerprint density at radius 2 is 1.79 bits per heavy atom. The van der Waals surface area contributed by atoms with Gasteiger partial charge in [-0.2, -0.15) is 0 Å². The molecule has 0 fully saturated rings. The number of hydrogen-bond acceptors (Lipinski definition) is 3. The Labute approximate surface area is 143 Å². The van der Waals surface area contributed by atoms with Crippen LogP contribution in [0.4, 0.5) is 5.69 Å². The van der Waals surface area contributed by atoms with Gasteiger partial charge in [0.05, 0.1) is 20.3 Å². The first-order valence-electron chi connectivity index (χ1n) is 7.96. The van der Waals surface area contributed by atoms with Crippen LogP contribution in [0.5, 0.6) is 11.5 Å². The van der Waals surface area contributed by atoms with Crippen molar-refractivity contribution < 1.29 is 9.47 Å². The predicted molar refractivity (Wildman–Crippen MR) is 99.0 cm³/mol. The van der Waals surface area contributed by atoms with Crippen molar-refractivity contribution in [3.05, 3.63) is 53.1 Å². The van der Waals surface area contributed by atoms with E-state index in [1.54, 1.807) is 7.11 Å². The quantitative estimate of drug-likeness (QED) is 0.628. The van der Waals surface area contributed by atoms with Crippen LogP contribution in [0.15, 0.2) is 41.4 Å². The highest BCUT2D eigenvalue weighted by molar-refractivity contribution is 5.92. The number of aryl methyl sites for hydroxylation is 2. The van der Waals surface area contributed by atoms with Gasteiger partial charge >= 0.3 is 0 Å². The lowest BCUT2D eigenvalue weighted by Crippen LogP contribution is -2.22. The third-order valence-corrected chi connectivity index (χ3v) is 3.45. The number of nitrogens with one attached hydrogen (secondary N) is 1. The summed E-state index contributed by atoms with van der Waals surface area (Å²) in [6, 6.07) is 12.0. The second kappa shape index (κ2) is 8.24. The van der Waals surface area contributed by atoms with E-state index in [0.29, 0.717) is 24.9 Å².